The van der Waals surface area contributed by atoms with Gasteiger partial charge >= 0.3 is 12.1 Å². The van der Waals surface area contributed by atoms with Crippen LogP contribution in [0.15, 0.2) is 6.07 Å². The minimum Gasteiger partial charge on any atom is -0.465 e. The van der Waals surface area contributed by atoms with Crippen LogP contribution >= 0.6 is 11.3 Å². The Morgan fingerprint density at radius 3 is 2.39 bits per heavy atom. The van der Waals surface area contributed by atoms with Crippen LogP contribution in [0.25, 0.3) is 0 Å². The maximum atomic E-state index is 12.8. The molecule has 0 fully saturated rings. The van der Waals surface area contributed by atoms with Gasteiger partial charge in [-0.2, -0.15) is 18.3 Å². The average molecular weight is 418 g/mol. The van der Waals surface area contributed by atoms with Crippen LogP contribution in [0.2, 0.25) is 0 Å². The number of esters is 1. The highest BCUT2D eigenvalue weighted by molar-refractivity contribution is 7.18. The van der Waals surface area contributed by atoms with Gasteiger partial charge in [0.2, 0.25) is 5.91 Å². The Bertz CT molecular complexity index is 949. The molecule has 0 radical (unpaired) electrons. The normalized spacial score (nSPS) is 12.5. The quantitative estimate of drug-likeness (QED) is 0.724. The van der Waals surface area contributed by atoms with E-state index < -0.39 is 35.7 Å². The van der Waals surface area contributed by atoms with Crippen molar-refractivity contribution >= 4 is 34.1 Å². The van der Waals surface area contributed by atoms with Gasteiger partial charge in [-0.05, 0) is 32.4 Å². The molecule has 2 heterocycles. The fourth-order valence-electron chi connectivity index (χ4n) is 2.53. The van der Waals surface area contributed by atoms with Gasteiger partial charge in [0.25, 0.3) is 5.91 Å². The number of hydrogen-bond acceptors (Lipinski definition) is 6. The van der Waals surface area contributed by atoms with E-state index in [1.807, 2.05) is 0 Å². The number of primary amides is 1. The number of hydrogen-bond donors (Lipinski definition) is 2. The third kappa shape index (κ3) is 4.01. The second-order valence-electron chi connectivity index (χ2n) is 5.89. The highest BCUT2D eigenvalue weighted by atomic mass is 32.1. The van der Waals surface area contributed by atoms with Crippen molar-refractivity contribution in [1.29, 1.82) is 0 Å². The summed E-state index contributed by atoms with van der Waals surface area (Å²) in [5.74, 6) is -2.32. The number of nitrogens with two attached hydrogens (primary N) is 1. The molecule has 12 heteroatoms. The molecule has 28 heavy (non-hydrogen) atoms. The summed E-state index contributed by atoms with van der Waals surface area (Å²) in [5, 5.41) is 5.89. The lowest BCUT2D eigenvalue weighted by atomic mass is 10.1. The maximum absolute atomic E-state index is 12.8. The summed E-state index contributed by atoms with van der Waals surface area (Å²) >= 11 is 0.776. The number of rotatable bonds is 5. The Labute approximate surface area is 161 Å². The number of anilines is 1. The van der Waals surface area contributed by atoms with E-state index >= 15 is 0 Å². The van der Waals surface area contributed by atoms with Crippen LogP contribution in [-0.2, 0) is 15.7 Å². The SMILES string of the molecule is COC(=O)c1c(NC(=O)C(C)n2nc(C(F)(F)F)cc2C)sc(C(N)=O)c1C. The van der Waals surface area contributed by atoms with E-state index in [9.17, 15) is 27.6 Å². The molecule has 0 aromatic carbocycles. The van der Waals surface area contributed by atoms with Crippen molar-refractivity contribution in [3.63, 3.8) is 0 Å². The van der Waals surface area contributed by atoms with E-state index in [0.29, 0.717) is 0 Å². The Morgan fingerprint density at radius 2 is 1.93 bits per heavy atom. The molecule has 152 valence electrons. The van der Waals surface area contributed by atoms with Crippen molar-refractivity contribution in [2.24, 2.45) is 5.73 Å². The molecule has 2 aromatic heterocycles. The molecule has 1 unspecified atom stereocenters. The molecule has 0 saturated carbocycles. The number of amides is 2. The molecule has 0 aliphatic heterocycles. The van der Waals surface area contributed by atoms with E-state index in [2.05, 4.69) is 15.2 Å². The number of nitrogens with zero attached hydrogens (tertiary/aromatic N) is 2. The molecule has 0 aliphatic rings. The molecule has 2 aromatic rings. The lowest BCUT2D eigenvalue weighted by molar-refractivity contribution is -0.141. The first-order valence-corrected chi connectivity index (χ1v) is 8.65. The summed E-state index contributed by atoms with van der Waals surface area (Å²) in [4.78, 5) is 36.2. The topological polar surface area (TPSA) is 116 Å². The van der Waals surface area contributed by atoms with Crippen molar-refractivity contribution in [3.05, 3.63) is 33.5 Å². The van der Waals surface area contributed by atoms with Crippen LogP contribution in [0.3, 0.4) is 0 Å². The molecular formula is C16H17F3N4O4S. The molecular weight excluding hydrogens is 401 g/mol. The van der Waals surface area contributed by atoms with Gasteiger partial charge in [0.05, 0.1) is 17.6 Å². The molecule has 2 rings (SSSR count). The standard InChI is InChI=1S/C16H17F3N4O4S/c1-6-5-9(16(17,18)19)22-23(6)8(3)13(25)21-14-10(15(26)27-4)7(2)11(28-14)12(20)24/h5,8H,1-4H3,(H2,20,24)(H,21,25). The number of alkyl halides is 3. The summed E-state index contributed by atoms with van der Waals surface area (Å²) in [5.41, 5.74) is 4.47. The predicted octanol–water partition coefficient (Wildman–Crippen LogP) is 2.67. The summed E-state index contributed by atoms with van der Waals surface area (Å²) in [6.45, 7) is 4.20. The zero-order valence-electron chi connectivity index (χ0n) is 15.3. The number of carbonyl (C=O) groups is 3. The lowest BCUT2D eigenvalue weighted by Gasteiger charge is -2.14. The molecule has 3 N–H and O–H groups in total. The van der Waals surface area contributed by atoms with E-state index in [1.54, 1.807) is 0 Å². The molecule has 0 spiro atoms. The monoisotopic (exact) mass is 418 g/mol. The highest BCUT2D eigenvalue weighted by Crippen LogP contribution is 2.34. The third-order valence-corrected chi connectivity index (χ3v) is 5.18. The van der Waals surface area contributed by atoms with Crippen LogP contribution in [0, 0.1) is 13.8 Å². The van der Waals surface area contributed by atoms with Crippen LogP contribution in [0.4, 0.5) is 18.2 Å². The third-order valence-electron chi connectivity index (χ3n) is 3.96. The van der Waals surface area contributed by atoms with Crippen LogP contribution in [0.1, 0.15) is 49.9 Å². The van der Waals surface area contributed by atoms with E-state index in [-0.39, 0.29) is 26.7 Å². The number of aryl methyl sites for hydroxylation is 1. The van der Waals surface area contributed by atoms with Crippen LogP contribution in [-0.4, -0.2) is 34.7 Å². The fraction of sp³-hybridized carbons (Fsp3) is 0.375. The smallest absolute Gasteiger partial charge is 0.435 e. The molecule has 0 saturated heterocycles. The van der Waals surface area contributed by atoms with E-state index in [0.717, 1.165) is 29.2 Å². The Kier molecular flexibility index (Phi) is 5.83. The second-order valence-corrected chi connectivity index (χ2v) is 6.92. The maximum Gasteiger partial charge on any atom is 0.435 e. The molecule has 0 aliphatic carbocycles. The number of thiophene rings is 1. The van der Waals surface area contributed by atoms with Crippen molar-refractivity contribution in [1.82, 2.24) is 9.78 Å². The van der Waals surface area contributed by atoms with Crippen LogP contribution < -0.4 is 11.1 Å². The molecule has 8 nitrogen and oxygen atoms in total. The Balaban J connectivity index is 2.37. The van der Waals surface area contributed by atoms with Gasteiger partial charge in [-0.25, -0.2) is 4.79 Å². The fourth-order valence-corrected chi connectivity index (χ4v) is 3.58. The first kappa shape index (κ1) is 21.4. The number of halogens is 3. The number of ether oxygens (including phenoxy) is 1. The van der Waals surface area contributed by atoms with Gasteiger partial charge < -0.3 is 15.8 Å². The first-order chi connectivity index (χ1) is 12.9. The largest absolute Gasteiger partial charge is 0.465 e. The van der Waals surface area contributed by atoms with Crippen molar-refractivity contribution in [3.8, 4) is 0 Å². The molecule has 0 bridgehead atoms. The summed E-state index contributed by atoms with van der Waals surface area (Å²) < 4.78 is 44.1. The zero-order chi connectivity index (χ0) is 21.4. The lowest BCUT2D eigenvalue weighted by Crippen LogP contribution is -2.26. The summed E-state index contributed by atoms with van der Waals surface area (Å²) in [6.07, 6.45) is -4.65. The first-order valence-electron chi connectivity index (χ1n) is 7.84. The van der Waals surface area contributed by atoms with Crippen molar-refractivity contribution in [2.45, 2.75) is 33.0 Å². The number of carbonyl (C=O) groups excluding carboxylic acids is 3. The molecule has 1 atom stereocenters. The van der Waals surface area contributed by atoms with Gasteiger partial charge in [0.15, 0.2) is 5.69 Å². The average Bonchev–Trinajstić information content (AvgIpc) is 3.14. The van der Waals surface area contributed by atoms with Gasteiger partial charge in [-0.15, -0.1) is 11.3 Å². The van der Waals surface area contributed by atoms with Crippen molar-refractivity contribution < 1.29 is 32.3 Å². The van der Waals surface area contributed by atoms with Gasteiger partial charge in [0.1, 0.15) is 11.0 Å². The van der Waals surface area contributed by atoms with Crippen LogP contribution in [0.5, 0.6) is 0 Å². The second kappa shape index (κ2) is 7.62. The summed E-state index contributed by atoms with van der Waals surface area (Å²) in [6, 6.07) is -0.300. The number of nitrogens with one attached hydrogen (secondary N) is 1. The summed E-state index contributed by atoms with van der Waals surface area (Å²) in [7, 11) is 1.13. The number of aromatic nitrogens is 2. The van der Waals surface area contributed by atoms with Gasteiger partial charge in [0, 0.05) is 5.69 Å². The van der Waals surface area contributed by atoms with Gasteiger partial charge in [-0.3, -0.25) is 14.3 Å². The van der Waals surface area contributed by atoms with E-state index in [4.69, 9.17) is 5.73 Å². The highest BCUT2D eigenvalue weighted by Gasteiger charge is 2.35. The minimum absolute atomic E-state index is 0.0101. The van der Waals surface area contributed by atoms with E-state index in [1.165, 1.54) is 20.8 Å². The Hall–Kier alpha value is -2.89. The van der Waals surface area contributed by atoms with Gasteiger partial charge in [-0.1, -0.05) is 0 Å². The zero-order valence-corrected chi connectivity index (χ0v) is 16.1. The predicted molar refractivity (Wildman–Crippen MR) is 94.2 cm³/mol. The van der Waals surface area contributed by atoms with Crippen molar-refractivity contribution in [2.75, 3.05) is 12.4 Å². The number of methoxy groups -OCH3 is 1. The minimum atomic E-state index is -4.65. The molecule has 2 amide bonds. The Morgan fingerprint density at radius 1 is 1.32 bits per heavy atom.